The molecule has 2 aromatic rings. The maximum absolute atomic E-state index is 13.5. The molecule has 1 aromatic carbocycles. The monoisotopic (exact) mass is 314 g/mol. The number of nitro groups is 1. The Labute approximate surface area is 124 Å². The van der Waals surface area contributed by atoms with Crippen LogP contribution in [0, 0.1) is 15.9 Å². The predicted molar refractivity (Wildman–Crippen MR) is 77.6 cm³/mol. The fourth-order valence-corrected chi connectivity index (χ4v) is 2.83. The normalized spacial score (nSPS) is 12.3. The number of rotatable bonds is 5. The lowest BCUT2D eigenvalue weighted by Crippen LogP contribution is -2.17. The number of thiophene rings is 1. The van der Waals surface area contributed by atoms with Crippen LogP contribution in [-0.2, 0) is 6.54 Å². The molecule has 1 N–H and O–H groups in total. The molecule has 1 unspecified atom stereocenters. The van der Waals surface area contributed by atoms with Gasteiger partial charge in [0.2, 0.25) is 5.82 Å². The van der Waals surface area contributed by atoms with Crippen LogP contribution in [0.4, 0.5) is 10.1 Å². The predicted octanol–water partition coefficient (Wildman–Crippen LogP) is 4.30. The van der Waals surface area contributed by atoms with Crippen LogP contribution in [0.25, 0.3) is 0 Å². The Morgan fingerprint density at radius 1 is 1.45 bits per heavy atom. The fraction of sp³-hybridized carbons (Fsp3) is 0.231. The fourth-order valence-electron chi connectivity index (χ4n) is 1.74. The van der Waals surface area contributed by atoms with Crippen molar-refractivity contribution in [3.8, 4) is 0 Å². The zero-order valence-corrected chi connectivity index (χ0v) is 12.2. The molecular weight excluding hydrogens is 303 g/mol. The highest BCUT2D eigenvalue weighted by atomic mass is 35.5. The molecule has 106 valence electrons. The number of hydrogen-bond acceptors (Lipinski definition) is 4. The van der Waals surface area contributed by atoms with Gasteiger partial charge in [-0.05, 0) is 30.7 Å². The lowest BCUT2D eigenvalue weighted by atomic mass is 10.2. The van der Waals surface area contributed by atoms with E-state index in [9.17, 15) is 14.5 Å². The second-order valence-electron chi connectivity index (χ2n) is 4.29. The van der Waals surface area contributed by atoms with E-state index in [2.05, 4.69) is 5.32 Å². The number of benzene rings is 1. The molecule has 0 bridgehead atoms. The number of nitrogens with one attached hydrogen (secondary N) is 1. The van der Waals surface area contributed by atoms with Crippen molar-refractivity contribution < 1.29 is 9.31 Å². The molecule has 0 spiro atoms. The molecule has 4 nitrogen and oxygen atoms in total. The number of hydrogen-bond donors (Lipinski definition) is 1. The minimum atomic E-state index is -0.818. The first-order valence-corrected chi connectivity index (χ1v) is 7.08. The highest BCUT2D eigenvalue weighted by Gasteiger charge is 2.14. The highest BCUT2D eigenvalue weighted by Crippen LogP contribution is 2.27. The summed E-state index contributed by atoms with van der Waals surface area (Å²) in [6.07, 6.45) is 0. The van der Waals surface area contributed by atoms with Crippen LogP contribution in [0.1, 0.15) is 23.4 Å². The number of halogens is 2. The highest BCUT2D eigenvalue weighted by molar-refractivity contribution is 7.16. The van der Waals surface area contributed by atoms with Crippen LogP contribution in [0.2, 0.25) is 4.34 Å². The zero-order chi connectivity index (χ0) is 14.7. The summed E-state index contributed by atoms with van der Waals surface area (Å²) in [7, 11) is 0. The second-order valence-corrected chi connectivity index (χ2v) is 6.03. The summed E-state index contributed by atoms with van der Waals surface area (Å²) in [5.74, 6) is -0.818. The van der Waals surface area contributed by atoms with Crippen molar-refractivity contribution in [2.75, 3.05) is 0 Å². The first kappa shape index (κ1) is 14.9. The van der Waals surface area contributed by atoms with E-state index < -0.39 is 16.4 Å². The lowest BCUT2D eigenvalue weighted by molar-refractivity contribution is -0.387. The summed E-state index contributed by atoms with van der Waals surface area (Å²) in [5.41, 5.74) is 0.148. The van der Waals surface area contributed by atoms with Crippen LogP contribution in [-0.4, -0.2) is 4.92 Å². The molecule has 7 heteroatoms. The van der Waals surface area contributed by atoms with Gasteiger partial charge in [-0.15, -0.1) is 11.3 Å². The molecule has 20 heavy (non-hydrogen) atoms. The summed E-state index contributed by atoms with van der Waals surface area (Å²) in [5, 5.41) is 13.7. The van der Waals surface area contributed by atoms with Crippen molar-refractivity contribution in [3.63, 3.8) is 0 Å². The number of nitrogens with zero attached hydrogens (tertiary/aromatic N) is 1. The van der Waals surface area contributed by atoms with Gasteiger partial charge in [-0.2, -0.15) is 4.39 Å². The Morgan fingerprint density at radius 3 is 2.75 bits per heavy atom. The maximum atomic E-state index is 13.5. The van der Waals surface area contributed by atoms with Crippen LogP contribution in [0.5, 0.6) is 0 Å². The Balaban J connectivity index is 2.00. The van der Waals surface area contributed by atoms with Crippen LogP contribution < -0.4 is 5.32 Å². The molecule has 0 saturated carbocycles. The van der Waals surface area contributed by atoms with Gasteiger partial charge in [0.15, 0.2) is 0 Å². The SMILES string of the molecule is CC(NCc1ccc([N+](=O)[O-])c(F)c1)c1ccc(Cl)s1. The van der Waals surface area contributed by atoms with E-state index in [-0.39, 0.29) is 6.04 Å². The van der Waals surface area contributed by atoms with Gasteiger partial charge in [-0.3, -0.25) is 10.1 Å². The molecule has 1 aromatic heterocycles. The molecule has 0 aliphatic heterocycles. The van der Waals surface area contributed by atoms with Gasteiger partial charge in [0.1, 0.15) is 0 Å². The van der Waals surface area contributed by atoms with Crippen molar-refractivity contribution in [3.05, 3.63) is 61.0 Å². The Kier molecular flexibility index (Phi) is 4.69. The standard InChI is InChI=1S/C13H12ClFN2O2S/c1-8(12-4-5-13(14)20-12)16-7-9-2-3-11(17(18)19)10(15)6-9/h2-6,8,16H,7H2,1H3. The average Bonchev–Trinajstić information content (AvgIpc) is 2.82. The molecule has 0 aliphatic rings. The summed E-state index contributed by atoms with van der Waals surface area (Å²) >= 11 is 7.35. The van der Waals surface area contributed by atoms with E-state index >= 15 is 0 Å². The average molecular weight is 315 g/mol. The minimum Gasteiger partial charge on any atom is -0.305 e. The van der Waals surface area contributed by atoms with Crippen molar-refractivity contribution in [2.45, 2.75) is 19.5 Å². The van der Waals surface area contributed by atoms with Crippen molar-refractivity contribution in [1.29, 1.82) is 0 Å². The van der Waals surface area contributed by atoms with Gasteiger partial charge in [0, 0.05) is 23.5 Å². The van der Waals surface area contributed by atoms with Gasteiger partial charge in [0.05, 0.1) is 9.26 Å². The maximum Gasteiger partial charge on any atom is 0.304 e. The molecule has 1 heterocycles. The van der Waals surface area contributed by atoms with E-state index in [1.54, 1.807) is 6.07 Å². The second kappa shape index (κ2) is 6.30. The van der Waals surface area contributed by atoms with Crippen LogP contribution >= 0.6 is 22.9 Å². The number of nitro benzene ring substituents is 1. The van der Waals surface area contributed by atoms with E-state index in [0.29, 0.717) is 12.1 Å². The summed E-state index contributed by atoms with van der Waals surface area (Å²) < 4.78 is 14.2. The third kappa shape index (κ3) is 3.53. The first-order chi connectivity index (χ1) is 9.47. The molecule has 0 fully saturated rings. The smallest absolute Gasteiger partial charge is 0.304 e. The van der Waals surface area contributed by atoms with E-state index in [1.165, 1.54) is 23.5 Å². The van der Waals surface area contributed by atoms with E-state index in [1.807, 2.05) is 19.1 Å². The zero-order valence-electron chi connectivity index (χ0n) is 10.6. The lowest BCUT2D eigenvalue weighted by Gasteiger charge is -2.12. The van der Waals surface area contributed by atoms with Crippen molar-refractivity contribution in [2.24, 2.45) is 0 Å². The quantitative estimate of drug-likeness (QED) is 0.661. The summed E-state index contributed by atoms with van der Waals surface area (Å²) in [6, 6.07) is 7.73. The van der Waals surface area contributed by atoms with E-state index in [0.717, 1.165) is 9.21 Å². The van der Waals surface area contributed by atoms with Gasteiger partial charge in [-0.25, -0.2) is 0 Å². The minimum absolute atomic E-state index is 0.0748. The van der Waals surface area contributed by atoms with Gasteiger partial charge in [-0.1, -0.05) is 17.7 Å². The van der Waals surface area contributed by atoms with Crippen molar-refractivity contribution >= 4 is 28.6 Å². The summed E-state index contributed by atoms with van der Waals surface area (Å²) in [6.45, 7) is 2.40. The molecule has 1 atom stereocenters. The van der Waals surface area contributed by atoms with Gasteiger partial charge in [0.25, 0.3) is 0 Å². The van der Waals surface area contributed by atoms with Gasteiger partial charge >= 0.3 is 5.69 Å². The molecule has 2 rings (SSSR count). The molecular formula is C13H12ClFN2O2S. The third-order valence-corrected chi connectivity index (χ3v) is 4.26. The Bertz CT molecular complexity index is 633. The third-order valence-electron chi connectivity index (χ3n) is 2.84. The van der Waals surface area contributed by atoms with Crippen LogP contribution in [0.15, 0.2) is 30.3 Å². The topological polar surface area (TPSA) is 55.2 Å². The Morgan fingerprint density at radius 2 is 2.20 bits per heavy atom. The molecule has 0 amide bonds. The van der Waals surface area contributed by atoms with E-state index in [4.69, 9.17) is 11.6 Å². The molecule has 0 aliphatic carbocycles. The largest absolute Gasteiger partial charge is 0.305 e. The van der Waals surface area contributed by atoms with Crippen LogP contribution in [0.3, 0.4) is 0 Å². The molecule has 0 saturated heterocycles. The first-order valence-electron chi connectivity index (χ1n) is 5.89. The van der Waals surface area contributed by atoms with Crippen molar-refractivity contribution in [1.82, 2.24) is 5.32 Å². The molecule has 0 radical (unpaired) electrons. The summed E-state index contributed by atoms with van der Waals surface area (Å²) in [4.78, 5) is 10.9. The Hall–Kier alpha value is -1.50. The van der Waals surface area contributed by atoms with Gasteiger partial charge < -0.3 is 5.32 Å².